The summed E-state index contributed by atoms with van der Waals surface area (Å²) in [5, 5.41) is 9.27. The van der Waals surface area contributed by atoms with Gasteiger partial charge in [0.2, 0.25) is 0 Å². The van der Waals surface area contributed by atoms with Crippen molar-refractivity contribution in [3.63, 3.8) is 0 Å². The van der Waals surface area contributed by atoms with Crippen LogP contribution in [0.2, 0.25) is 0 Å². The Morgan fingerprint density at radius 2 is 2.26 bits per heavy atom. The van der Waals surface area contributed by atoms with Crippen molar-refractivity contribution in [1.29, 1.82) is 5.26 Å². The number of ether oxygens (including phenoxy) is 1. The van der Waals surface area contributed by atoms with E-state index in [0.717, 1.165) is 30.6 Å². The first kappa shape index (κ1) is 13.8. The molecular weight excluding hydrogens is 238 g/mol. The van der Waals surface area contributed by atoms with Gasteiger partial charge in [-0.1, -0.05) is 18.2 Å². The van der Waals surface area contributed by atoms with Crippen LogP contribution in [-0.4, -0.2) is 18.5 Å². The number of carbonyl (C=O) groups is 1. The number of hydrogen-bond donors (Lipinski definition) is 0. The van der Waals surface area contributed by atoms with Gasteiger partial charge < -0.3 is 4.74 Å². The van der Waals surface area contributed by atoms with Gasteiger partial charge in [0.1, 0.15) is 5.92 Å². The summed E-state index contributed by atoms with van der Waals surface area (Å²) < 4.78 is 5.47. The summed E-state index contributed by atoms with van der Waals surface area (Å²) in [6, 6.07) is 7.92. The van der Waals surface area contributed by atoms with E-state index >= 15 is 0 Å². The molecule has 1 fully saturated rings. The third kappa shape index (κ3) is 3.21. The van der Waals surface area contributed by atoms with E-state index in [4.69, 9.17) is 4.74 Å². The molecule has 0 radical (unpaired) electrons. The second-order valence-corrected chi connectivity index (χ2v) is 5.21. The Balaban J connectivity index is 2.12. The predicted octanol–water partition coefficient (Wildman–Crippen LogP) is 3.05. The molecule has 3 nitrogen and oxygen atoms in total. The molecule has 2 unspecified atom stereocenters. The van der Waals surface area contributed by atoms with Gasteiger partial charge in [0, 0.05) is 13.0 Å². The van der Waals surface area contributed by atoms with E-state index in [1.54, 1.807) is 0 Å². The van der Waals surface area contributed by atoms with Crippen molar-refractivity contribution in [3.05, 3.63) is 34.9 Å². The van der Waals surface area contributed by atoms with Crippen LogP contribution in [-0.2, 0) is 9.53 Å². The standard InChI is InChI=1S/C16H19NO2/c1-11-5-6-13(8-12(11)2)15(10-17)16(18)9-14-4-3-7-19-14/h5-6,8,14-15H,3-4,7,9H2,1-2H3. The zero-order valence-corrected chi connectivity index (χ0v) is 11.5. The minimum absolute atomic E-state index is 0.00916. The molecule has 1 heterocycles. The van der Waals surface area contributed by atoms with E-state index in [1.807, 2.05) is 32.0 Å². The second-order valence-electron chi connectivity index (χ2n) is 5.21. The third-order valence-corrected chi connectivity index (χ3v) is 3.77. The topological polar surface area (TPSA) is 50.1 Å². The van der Waals surface area contributed by atoms with Crippen molar-refractivity contribution in [2.45, 2.75) is 45.1 Å². The molecule has 19 heavy (non-hydrogen) atoms. The van der Waals surface area contributed by atoms with Crippen LogP contribution >= 0.6 is 0 Å². The van der Waals surface area contributed by atoms with Crippen LogP contribution in [0, 0.1) is 25.2 Å². The summed E-state index contributed by atoms with van der Waals surface area (Å²) >= 11 is 0. The van der Waals surface area contributed by atoms with Crippen molar-refractivity contribution < 1.29 is 9.53 Å². The van der Waals surface area contributed by atoms with Gasteiger partial charge in [-0.3, -0.25) is 4.79 Å². The Morgan fingerprint density at radius 3 is 2.84 bits per heavy atom. The molecule has 2 atom stereocenters. The van der Waals surface area contributed by atoms with Crippen LogP contribution in [0.5, 0.6) is 0 Å². The fourth-order valence-electron chi connectivity index (χ4n) is 2.42. The lowest BCUT2D eigenvalue weighted by molar-refractivity contribution is -0.121. The lowest BCUT2D eigenvalue weighted by Crippen LogP contribution is -2.18. The predicted molar refractivity (Wildman–Crippen MR) is 72.9 cm³/mol. The van der Waals surface area contributed by atoms with Gasteiger partial charge in [0.25, 0.3) is 0 Å². The molecule has 0 saturated carbocycles. The molecule has 1 aromatic rings. The van der Waals surface area contributed by atoms with Gasteiger partial charge in [-0.2, -0.15) is 5.26 Å². The van der Waals surface area contributed by atoms with Crippen molar-refractivity contribution in [2.24, 2.45) is 0 Å². The van der Waals surface area contributed by atoms with Crippen LogP contribution in [0.4, 0.5) is 0 Å². The molecule has 1 aromatic carbocycles. The van der Waals surface area contributed by atoms with Crippen molar-refractivity contribution in [2.75, 3.05) is 6.61 Å². The molecule has 0 spiro atoms. The average molecular weight is 257 g/mol. The quantitative estimate of drug-likeness (QED) is 0.833. The van der Waals surface area contributed by atoms with Gasteiger partial charge >= 0.3 is 0 Å². The molecule has 1 saturated heterocycles. The van der Waals surface area contributed by atoms with Crippen molar-refractivity contribution >= 4 is 5.78 Å². The summed E-state index contributed by atoms with van der Waals surface area (Å²) in [6.07, 6.45) is 2.30. The fraction of sp³-hybridized carbons (Fsp3) is 0.500. The summed E-state index contributed by atoms with van der Waals surface area (Å²) in [4.78, 5) is 12.2. The minimum Gasteiger partial charge on any atom is -0.378 e. The molecule has 0 aliphatic carbocycles. The van der Waals surface area contributed by atoms with Gasteiger partial charge in [-0.05, 0) is 43.4 Å². The Bertz CT molecular complexity index is 510. The maximum atomic E-state index is 12.2. The molecule has 1 aliphatic rings. The summed E-state index contributed by atoms with van der Waals surface area (Å²) in [5.74, 6) is -0.693. The van der Waals surface area contributed by atoms with Crippen molar-refractivity contribution in [3.8, 4) is 6.07 Å². The number of benzene rings is 1. The number of nitrogens with zero attached hydrogens (tertiary/aromatic N) is 1. The average Bonchev–Trinajstić information content (AvgIpc) is 2.87. The number of hydrogen-bond acceptors (Lipinski definition) is 3. The number of aryl methyl sites for hydroxylation is 2. The van der Waals surface area contributed by atoms with Crippen LogP contribution in [0.1, 0.15) is 41.9 Å². The monoisotopic (exact) mass is 257 g/mol. The van der Waals surface area contributed by atoms with Gasteiger partial charge in [0.15, 0.2) is 5.78 Å². The summed E-state index contributed by atoms with van der Waals surface area (Å²) in [7, 11) is 0. The summed E-state index contributed by atoms with van der Waals surface area (Å²) in [5.41, 5.74) is 3.09. The normalized spacial score (nSPS) is 19.9. The maximum absolute atomic E-state index is 12.2. The second kappa shape index (κ2) is 5.99. The van der Waals surface area contributed by atoms with Crippen LogP contribution < -0.4 is 0 Å². The lowest BCUT2D eigenvalue weighted by Gasteiger charge is -2.13. The molecule has 2 rings (SSSR count). The van der Waals surface area contributed by atoms with Crippen molar-refractivity contribution in [1.82, 2.24) is 0 Å². The highest BCUT2D eigenvalue weighted by Crippen LogP contribution is 2.24. The van der Waals surface area contributed by atoms with E-state index in [-0.39, 0.29) is 11.9 Å². The first-order valence-electron chi connectivity index (χ1n) is 6.73. The first-order chi connectivity index (χ1) is 9.11. The molecule has 3 heteroatoms. The van der Waals surface area contributed by atoms with Gasteiger partial charge in [-0.15, -0.1) is 0 Å². The van der Waals surface area contributed by atoms with Crippen LogP contribution in [0.25, 0.3) is 0 Å². The molecule has 1 aliphatic heterocycles. The number of Topliss-reactive ketones (excluding diaryl/α,β-unsaturated/α-hetero) is 1. The van der Waals surface area contributed by atoms with E-state index in [2.05, 4.69) is 6.07 Å². The van der Waals surface area contributed by atoms with E-state index in [9.17, 15) is 10.1 Å². The number of carbonyl (C=O) groups excluding carboxylic acids is 1. The largest absolute Gasteiger partial charge is 0.378 e. The van der Waals surface area contributed by atoms with Crippen LogP contribution in [0.3, 0.4) is 0 Å². The van der Waals surface area contributed by atoms with E-state index in [1.165, 1.54) is 5.56 Å². The van der Waals surface area contributed by atoms with Crippen LogP contribution in [0.15, 0.2) is 18.2 Å². The highest BCUT2D eigenvalue weighted by molar-refractivity contribution is 5.88. The zero-order chi connectivity index (χ0) is 13.8. The molecular formula is C16H19NO2. The molecule has 0 bridgehead atoms. The van der Waals surface area contributed by atoms with Gasteiger partial charge in [-0.25, -0.2) is 0 Å². The smallest absolute Gasteiger partial charge is 0.157 e. The summed E-state index contributed by atoms with van der Waals surface area (Å²) in [6.45, 7) is 4.76. The van der Waals surface area contributed by atoms with E-state index in [0.29, 0.717) is 6.42 Å². The minimum atomic E-state index is -0.663. The van der Waals surface area contributed by atoms with Gasteiger partial charge in [0.05, 0.1) is 12.2 Å². The SMILES string of the molecule is Cc1ccc(C(C#N)C(=O)CC2CCCO2)cc1C. The molecule has 0 amide bonds. The number of nitriles is 1. The highest BCUT2D eigenvalue weighted by atomic mass is 16.5. The fourth-order valence-corrected chi connectivity index (χ4v) is 2.42. The Morgan fingerprint density at radius 1 is 1.47 bits per heavy atom. The third-order valence-electron chi connectivity index (χ3n) is 3.77. The first-order valence-corrected chi connectivity index (χ1v) is 6.73. The molecule has 100 valence electrons. The Kier molecular flexibility index (Phi) is 4.34. The zero-order valence-electron chi connectivity index (χ0n) is 11.5. The number of ketones is 1. The molecule has 0 aromatic heterocycles. The Hall–Kier alpha value is -1.66. The Labute approximate surface area is 114 Å². The maximum Gasteiger partial charge on any atom is 0.157 e. The molecule has 0 N–H and O–H groups in total. The van der Waals surface area contributed by atoms with E-state index < -0.39 is 5.92 Å². The number of rotatable bonds is 4. The lowest BCUT2D eigenvalue weighted by atomic mass is 9.90. The highest BCUT2D eigenvalue weighted by Gasteiger charge is 2.26.